The number of methoxy groups -OCH3 is 1. The van der Waals surface area contributed by atoms with Crippen LogP contribution in [0.15, 0.2) is 54.6 Å². The molecular weight excluding hydrogens is 1380 g/mol. The van der Waals surface area contributed by atoms with E-state index in [0.717, 1.165) is 17.3 Å². The second-order valence-electron chi connectivity index (χ2n) is 28.1. The van der Waals surface area contributed by atoms with E-state index in [1.165, 1.54) is 13.8 Å². The first-order chi connectivity index (χ1) is 48.1. The largest absolute Gasteiger partial charge is 0.481 e. The molecule has 10 atom stereocenters. The minimum absolute atomic E-state index is 0.0213. The molecule has 11 N–H and O–H groups in total. The Morgan fingerprint density at radius 1 is 0.548 bits per heavy atom. The van der Waals surface area contributed by atoms with Crippen molar-refractivity contribution in [3.63, 3.8) is 0 Å². The molecular formula is C76H113N9O17S2. The number of hydrogen-bond acceptors (Lipinski definition) is 20. The first kappa shape index (κ1) is 99.5. The molecule has 0 saturated heterocycles. The molecule has 1 aromatic rings. The number of carboxylic acid groups (broad SMARTS) is 2. The van der Waals surface area contributed by atoms with Crippen LogP contribution < -0.4 is 31.9 Å². The van der Waals surface area contributed by atoms with Crippen molar-refractivity contribution in [2.75, 3.05) is 72.8 Å². The highest BCUT2D eigenvalue weighted by Gasteiger charge is 2.52. The number of aliphatic hydroxyl groups excluding tert-OH is 3. The number of terminal acetylenes is 3. The van der Waals surface area contributed by atoms with Gasteiger partial charge < -0.3 is 71.6 Å². The van der Waals surface area contributed by atoms with Crippen LogP contribution in [0, 0.1) is 109 Å². The fraction of sp³-hybridized carbons (Fsp3) is 0.618. The van der Waals surface area contributed by atoms with E-state index in [1.807, 2.05) is 30.3 Å². The average Bonchev–Trinajstić information content (AvgIpc) is 0.796. The maximum atomic E-state index is 13.8. The third-order valence-electron chi connectivity index (χ3n) is 16.8. The van der Waals surface area contributed by atoms with Crippen molar-refractivity contribution in [2.45, 2.75) is 191 Å². The van der Waals surface area contributed by atoms with E-state index in [1.54, 1.807) is 90.2 Å². The molecule has 0 spiro atoms. The molecule has 0 aliphatic heterocycles. The van der Waals surface area contributed by atoms with Crippen LogP contribution in [-0.2, 0) is 57.4 Å². The second-order valence-corrected chi connectivity index (χ2v) is 30.2. The fourth-order valence-electron chi connectivity index (χ4n) is 10.7. The van der Waals surface area contributed by atoms with E-state index in [4.69, 9.17) is 50.8 Å². The number of carboxylic acids is 2. The number of nitrogens with zero attached hydrogens (tertiary/aromatic N) is 3. The van der Waals surface area contributed by atoms with E-state index >= 15 is 0 Å². The van der Waals surface area contributed by atoms with Gasteiger partial charge in [0.05, 0.1) is 107 Å². The summed E-state index contributed by atoms with van der Waals surface area (Å²) in [5.74, 6) is 2.05. The van der Waals surface area contributed by atoms with E-state index in [-0.39, 0.29) is 135 Å². The summed E-state index contributed by atoms with van der Waals surface area (Å²) >= 11 is 6.76. The van der Waals surface area contributed by atoms with Crippen molar-refractivity contribution >= 4 is 81.5 Å². The quantitative estimate of drug-likeness (QED) is 0.0103. The number of aliphatic carboxylic acids is 2. The van der Waals surface area contributed by atoms with Crippen LogP contribution >= 0.6 is 24.0 Å². The van der Waals surface area contributed by atoms with E-state index < -0.39 is 103 Å². The summed E-state index contributed by atoms with van der Waals surface area (Å²) in [7, 11) is 1.54. The van der Waals surface area contributed by atoms with Crippen LogP contribution in [0.25, 0.3) is 0 Å². The predicted octanol–water partition coefficient (Wildman–Crippen LogP) is 7.01. The molecule has 0 fully saturated rings. The molecule has 104 heavy (non-hydrogen) atoms. The number of rotatable bonds is 43. The average molecular weight is 1490 g/mol. The van der Waals surface area contributed by atoms with E-state index in [9.17, 15) is 79.4 Å². The highest BCUT2D eigenvalue weighted by Crippen LogP contribution is 2.50. The number of nitriles is 3. The lowest BCUT2D eigenvalue weighted by molar-refractivity contribution is -0.163. The fourth-order valence-corrected chi connectivity index (χ4v) is 12.6. The van der Waals surface area contributed by atoms with Crippen molar-refractivity contribution in [3.8, 4) is 55.2 Å². The zero-order chi connectivity index (χ0) is 80.9. The third kappa shape index (κ3) is 38.7. The number of aliphatic hydroxyl groups is 3. The van der Waals surface area contributed by atoms with E-state index in [0.29, 0.717) is 28.6 Å². The van der Waals surface area contributed by atoms with Gasteiger partial charge in [-0.1, -0.05) is 112 Å². The molecule has 1 rings (SSSR count). The van der Waals surface area contributed by atoms with Crippen molar-refractivity contribution in [2.24, 2.45) is 37.9 Å². The Morgan fingerprint density at radius 3 is 1.36 bits per heavy atom. The monoisotopic (exact) mass is 1490 g/mol. The van der Waals surface area contributed by atoms with Gasteiger partial charge in [0.15, 0.2) is 0 Å². The van der Waals surface area contributed by atoms with Crippen molar-refractivity contribution in [3.05, 3.63) is 60.2 Å². The van der Waals surface area contributed by atoms with Gasteiger partial charge >= 0.3 is 17.9 Å². The Morgan fingerprint density at radius 2 is 0.952 bits per heavy atom. The SMILES string of the molecule is C#CCNC(=O)C(=C)C.C#CCNC(=O)C(C)(CC(C)(CC(C)(C#N)CCC(=O)O)C(=O)NCC(C)O)SC(=S)c1ccccc1.C#CCNC(=O)C(C)(CCCC(C)(C(=O)OCCOCCOC)C(C)(C)C#N)CC(C)(CC(C)(C#N)CCC(=O)O)C(=O)NCC(C)O.C=C(C)C(=O)NCC(C)O. The lowest BCUT2D eigenvalue weighted by atomic mass is 9.61. The van der Waals surface area contributed by atoms with Gasteiger partial charge in [0, 0.05) is 67.0 Å². The number of amides is 6. The number of hydrogen-bond donors (Lipinski definition) is 11. The topological polar surface area (TPSA) is 426 Å². The molecule has 0 aliphatic carbocycles. The standard InChI is InChI=1S/C35H56N4O9.C27H35N3O5S2.C7H13NO2.C7H9NO/c1-10-16-38-28(43)33(6,13-11-14-35(8,31(3,4)24-36)30(45)48-20-19-47-18-17-46-9)23-34(7,29(44)39-21-26(2)40)22-32(5,25-37)15-12-27(41)42;1-6-14-29-24(35)27(5,37-22(36)20-10-8-7-9-11-20)17-26(4,23(34)30-15-19(2)31)16-25(3,18-28)13-12-21(32)33;1-5(2)7(10)8-4-6(3)9;1-4-5-8-7(9)6(2)3/h1,26,40H,11-23H2,2-9H3,(H,38,43)(H,39,44)(H,41,42);1,7-11,19,31H,12-17H2,2-5H3,(H,29,35)(H,30,34)(H,32,33);6,9H,1,4H2,2-3H3,(H,8,10);1H,2,5H2,3H3,(H,8,9). The first-order valence-corrected chi connectivity index (χ1v) is 34.9. The lowest BCUT2D eigenvalue weighted by Gasteiger charge is -2.42. The second kappa shape index (κ2) is 49.1. The Labute approximate surface area is 625 Å². The van der Waals surface area contributed by atoms with Gasteiger partial charge in [-0.3, -0.25) is 43.2 Å². The highest BCUT2D eigenvalue weighted by molar-refractivity contribution is 8.25. The third-order valence-corrected chi connectivity index (χ3v) is 18.4. The smallest absolute Gasteiger partial charge is 0.313 e. The van der Waals surface area contributed by atoms with Gasteiger partial charge in [-0.15, -0.1) is 19.3 Å². The first-order valence-electron chi connectivity index (χ1n) is 33.7. The van der Waals surface area contributed by atoms with Gasteiger partial charge in [-0.25, -0.2) is 0 Å². The lowest BCUT2D eigenvalue weighted by Crippen LogP contribution is -2.51. The molecule has 0 heterocycles. The summed E-state index contributed by atoms with van der Waals surface area (Å²) in [6, 6.07) is 15.7. The van der Waals surface area contributed by atoms with Crippen LogP contribution in [0.1, 0.15) is 173 Å². The highest BCUT2D eigenvalue weighted by atomic mass is 32.2. The number of carbonyl (C=O) groups excluding carboxylic acids is 7. The van der Waals surface area contributed by atoms with Gasteiger partial charge in [0.2, 0.25) is 35.4 Å². The van der Waals surface area contributed by atoms with Crippen LogP contribution in [-0.4, -0.2) is 179 Å². The van der Waals surface area contributed by atoms with Crippen LogP contribution in [0.4, 0.5) is 0 Å². The minimum atomic E-state index is -1.38. The van der Waals surface area contributed by atoms with Crippen LogP contribution in [0.3, 0.4) is 0 Å². The number of nitrogens with one attached hydrogen (secondary N) is 6. The molecule has 0 saturated carbocycles. The number of carbonyl (C=O) groups is 9. The number of ether oxygens (including phenoxy) is 3. The molecule has 576 valence electrons. The molecule has 1 aromatic carbocycles. The summed E-state index contributed by atoms with van der Waals surface area (Å²) in [5, 5.41) is 92.5. The summed E-state index contributed by atoms with van der Waals surface area (Å²) in [5.41, 5.74) is -7.12. The maximum absolute atomic E-state index is 13.8. The molecule has 0 aromatic heterocycles. The Balaban J connectivity index is -0.00000159. The van der Waals surface area contributed by atoms with Gasteiger partial charge in [-0.2, -0.15) is 15.8 Å². The minimum Gasteiger partial charge on any atom is -0.481 e. The molecule has 26 nitrogen and oxygen atoms in total. The van der Waals surface area contributed by atoms with Crippen molar-refractivity contribution in [1.82, 2.24) is 31.9 Å². The van der Waals surface area contributed by atoms with Gasteiger partial charge in [0.1, 0.15) is 6.61 Å². The van der Waals surface area contributed by atoms with Crippen LogP contribution in [0.5, 0.6) is 0 Å². The molecule has 6 amide bonds. The van der Waals surface area contributed by atoms with Gasteiger partial charge in [-0.05, 0) is 133 Å². The van der Waals surface area contributed by atoms with Gasteiger partial charge in [0.25, 0.3) is 0 Å². The summed E-state index contributed by atoms with van der Waals surface area (Å²) < 4.78 is 15.0. The summed E-state index contributed by atoms with van der Waals surface area (Å²) in [6.07, 6.45) is 13.3. The zero-order valence-electron chi connectivity index (χ0n) is 63.4. The molecule has 0 radical (unpaired) electrons. The maximum Gasteiger partial charge on any atom is 0.313 e. The molecule has 28 heteroatoms. The molecule has 10 unspecified atom stereocenters. The normalized spacial score (nSPS) is 15.5. The Kier molecular flexibility index (Phi) is 47.0. The number of thioether (sulfide) groups is 1. The Hall–Kier alpha value is -8.68. The number of thiocarbonyl (C=S) groups is 1. The van der Waals surface area contributed by atoms with Crippen molar-refractivity contribution < 1.29 is 82.9 Å². The van der Waals surface area contributed by atoms with E-state index in [2.05, 4.69) is 81.0 Å². The predicted molar refractivity (Wildman–Crippen MR) is 402 cm³/mol. The van der Waals surface area contributed by atoms with Crippen LogP contribution in [0.2, 0.25) is 0 Å². The number of esters is 1. The molecule has 0 bridgehead atoms. The van der Waals surface area contributed by atoms with Crippen molar-refractivity contribution in [1.29, 1.82) is 15.8 Å². The summed E-state index contributed by atoms with van der Waals surface area (Å²) in [4.78, 5) is 112. The zero-order valence-corrected chi connectivity index (χ0v) is 65.0. The Bertz CT molecular complexity index is 3310. The molecule has 0 aliphatic rings. The number of benzene rings is 1. The summed E-state index contributed by atoms with van der Waals surface area (Å²) in [6.45, 7) is 30.7.